The number of nitrogens with zero attached hydrogens (tertiary/aromatic N) is 2. The number of piperidine rings is 1. The first-order chi connectivity index (χ1) is 15.2. The fraction of sp³-hybridized carbons (Fsp3) is 0.680. The third kappa shape index (κ3) is 5.61. The molecule has 0 amide bonds. The second-order valence-corrected chi connectivity index (χ2v) is 11.5. The number of hydrogen-bond donors (Lipinski definition) is 3. The third-order valence-corrected chi connectivity index (χ3v) is 8.60. The molecule has 1 aliphatic heterocycles. The average molecular weight is 460 g/mol. The van der Waals surface area contributed by atoms with Gasteiger partial charge in [-0.05, 0) is 95.9 Å². The number of rotatable bonds is 7. The van der Waals surface area contributed by atoms with E-state index in [0.29, 0.717) is 23.9 Å². The molecule has 2 aromatic rings. The van der Waals surface area contributed by atoms with E-state index in [0.717, 1.165) is 54.0 Å². The van der Waals surface area contributed by atoms with E-state index in [1.807, 2.05) is 12.1 Å². The SMILES string of the molecule is CC(C)(O)c1cc2nc([C@H]3CC[C@H](CN4CCC(CCC(=O)O)CC4)CC3)sc2cc1N. The van der Waals surface area contributed by atoms with Crippen molar-refractivity contribution in [1.29, 1.82) is 0 Å². The molecule has 2 fully saturated rings. The second kappa shape index (κ2) is 9.65. The number of carboxylic acids is 1. The zero-order chi connectivity index (χ0) is 22.9. The molecular weight excluding hydrogens is 422 g/mol. The Kier molecular flexibility index (Phi) is 7.08. The van der Waals surface area contributed by atoms with Crippen molar-refractivity contribution in [3.63, 3.8) is 0 Å². The highest BCUT2D eigenvalue weighted by atomic mass is 32.1. The van der Waals surface area contributed by atoms with Gasteiger partial charge < -0.3 is 20.8 Å². The van der Waals surface area contributed by atoms with Gasteiger partial charge in [0.2, 0.25) is 0 Å². The van der Waals surface area contributed by atoms with Crippen molar-refractivity contribution in [2.24, 2.45) is 11.8 Å². The summed E-state index contributed by atoms with van der Waals surface area (Å²) in [5.41, 5.74) is 7.56. The molecule has 7 heteroatoms. The summed E-state index contributed by atoms with van der Waals surface area (Å²) in [5.74, 6) is 1.20. The van der Waals surface area contributed by atoms with Crippen LogP contribution in [0, 0.1) is 11.8 Å². The number of thiazole rings is 1. The summed E-state index contributed by atoms with van der Waals surface area (Å²) in [6.45, 7) is 6.94. The number of hydrogen-bond acceptors (Lipinski definition) is 6. The highest BCUT2D eigenvalue weighted by Crippen LogP contribution is 2.41. The Morgan fingerprint density at radius 2 is 1.84 bits per heavy atom. The van der Waals surface area contributed by atoms with E-state index >= 15 is 0 Å². The van der Waals surface area contributed by atoms with E-state index in [2.05, 4.69) is 4.90 Å². The molecule has 1 aromatic carbocycles. The van der Waals surface area contributed by atoms with Crippen molar-refractivity contribution in [2.75, 3.05) is 25.4 Å². The van der Waals surface area contributed by atoms with E-state index in [1.165, 1.54) is 37.2 Å². The number of nitrogen functional groups attached to an aromatic ring is 1. The number of carbonyl (C=O) groups is 1. The van der Waals surface area contributed by atoms with Gasteiger partial charge in [0.15, 0.2) is 0 Å². The first kappa shape index (κ1) is 23.5. The van der Waals surface area contributed by atoms with Crippen LogP contribution < -0.4 is 5.73 Å². The summed E-state index contributed by atoms with van der Waals surface area (Å²) in [6.07, 6.45) is 8.30. The summed E-state index contributed by atoms with van der Waals surface area (Å²) >= 11 is 1.76. The lowest BCUT2D eigenvalue weighted by atomic mass is 9.81. The van der Waals surface area contributed by atoms with Gasteiger partial charge in [0, 0.05) is 30.1 Å². The van der Waals surface area contributed by atoms with Gasteiger partial charge in [0.25, 0.3) is 0 Å². The molecule has 4 rings (SSSR count). The van der Waals surface area contributed by atoms with Crippen molar-refractivity contribution in [1.82, 2.24) is 9.88 Å². The number of aliphatic carboxylic acids is 1. The fourth-order valence-electron chi connectivity index (χ4n) is 5.45. The molecule has 0 unspecified atom stereocenters. The Bertz CT molecular complexity index is 936. The number of aliphatic hydroxyl groups is 1. The Morgan fingerprint density at radius 3 is 2.47 bits per heavy atom. The van der Waals surface area contributed by atoms with Crippen molar-refractivity contribution < 1.29 is 15.0 Å². The molecule has 2 heterocycles. The van der Waals surface area contributed by atoms with Crippen molar-refractivity contribution >= 4 is 33.2 Å². The predicted octanol–water partition coefficient (Wildman–Crippen LogP) is 4.96. The van der Waals surface area contributed by atoms with Gasteiger partial charge in [-0.25, -0.2) is 4.98 Å². The van der Waals surface area contributed by atoms with Crippen molar-refractivity contribution in [3.8, 4) is 0 Å². The highest BCUT2D eigenvalue weighted by Gasteiger charge is 2.28. The van der Waals surface area contributed by atoms with E-state index in [1.54, 1.807) is 25.2 Å². The van der Waals surface area contributed by atoms with Gasteiger partial charge in [-0.1, -0.05) is 0 Å². The normalized spacial score (nSPS) is 23.6. The summed E-state index contributed by atoms with van der Waals surface area (Å²) in [6, 6.07) is 3.92. The van der Waals surface area contributed by atoms with E-state index in [-0.39, 0.29) is 0 Å². The first-order valence-corrected chi connectivity index (χ1v) is 12.9. The monoisotopic (exact) mass is 459 g/mol. The molecule has 2 aliphatic rings. The summed E-state index contributed by atoms with van der Waals surface area (Å²) in [7, 11) is 0. The minimum Gasteiger partial charge on any atom is -0.481 e. The van der Waals surface area contributed by atoms with Gasteiger partial charge in [0.1, 0.15) is 0 Å². The molecule has 0 spiro atoms. The van der Waals surface area contributed by atoms with Crippen LogP contribution in [0.3, 0.4) is 0 Å². The molecule has 1 aromatic heterocycles. The van der Waals surface area contributed by atoms with E-state index < -0.39 is 11.6 Å². The highest BCUT2D eigenvalue weighted by molar-refractivity contribution is 7.18. The van der Waals surface area contributed by atoms with Crippen LogP contribution in [0.1, 0.15) is 81.7 Å². The maximum atomic E-state index is 10.8. The standard InChI is InChI=1S/C25H37N3O3S/c1-25(2,31)19-13-21-22(14-20(19)26)32-24(27-21)18-6-3-17(4-7-18)15-28-11-9-16(10-12-28)5-8-23(29)30/h13-14,16-18,31H,3-12,15,26H2,1-2H3,(H,29,30)/t17-,18-. The molecule has 1 aliphatic carbocycles. The Balaban J connectivity index is 1.29. The fourth-order valence-corrected chi connectivity index (χ4v) is 6.62. The van der Waals surface area contributed by atoms with Crippen molar-refractivity contribution in [3.05, 3.63) is 22.7 Å². The molecule has 1 saturated carbocycles. The van der Waals surface area contributed by atoms with Gasteiger partial charge in [-0.2, -0.15) is 0 Å². The number of anilines is 1. The van der Waals surface area contributed by atoms with E-state index in [9.17, 15) is 9.90 Å². The van der Waals surface area contributed by atoms with Crippen LogP contribution in [0.4, 0.5) is 5.69 Å². The molecule has 0 radical (unpaired) electrons. The minimum atomic E-state index is -0.967. The van der Waals surface area contributed by atoms with Crippen LogP contribution >= 0.6 is 11.3 Å². The van der Waals surface area contributed by atoms with Crippen LogP contribution in [0.5, 0.6) is 0 Å². The number of aromatic nitrogens is 1. The average Bonchev–Trinajstić information content (AvgIpc) is 3.15. The summed E-state index contributed by atoms with van der Waals surface area (Å²) in [5, 5.41) is 20.5. The summed E-state index contributed by atoms with van der Waals surface area (Å²) in [4.78, 5) is 18.3. The molecular formula is C25H37N3O3S. The third-order valence-electron chi connectivity index (χ3n) is 7.42. The van der Waals surface area contributed by atoms with Crippen LogP contribution in [0.2, 0.25) is 0 Å². The van der Waals surface area contributed by atoms with E-state index in [4.69, 9.17) is 15.8 Å². The first-order valence-electron chi connectivity index (χ1n) is 12.1. The quantitative estimate of drug-likeness (QED) is 0.506. The Labute approximate surface area is 194 Å². The lowest BCUT2D eigenvalue weighted by Crippen LogP contribution is -2.38. The number of nitrogens with two attached hydrogens (primary N) is 1. The zero-order valence-corrected chi connectivity index (χ0v) is 20.2. The maximum Gasteiger partial charge on any atom is 0.303 e. The number of carboxylic acid groups (broad SMARTS) is 1. The molecule has 176 valence electrons. The molecule has 1 saturated heterocycles. The molecule has 0 atom stereocenters. The molecule has 6 nitrogen and oxygen atoms in total. The smallest absolute Gasteiger partial charge is 0.303 e. The van der Waals surface area contributed by atoms with Crippen LogP contribution in [-0.2, 0) is 10.4 Å². The van der Waals surface area contributed by atoms with Crippen LogP contribution in [-0.4, -0.2) is 45.7 Å². The van der Waals surface area contributed by atoms with Gasteiger partial charge >= 0.3 is 5.97 Å². The van der Waals surface area contributed by atoms with Crippen LogP contribution in [0.15, 0.2) is 12.1 Å². The molecule has 0 bridgehead atoms. The lowest BCUT2D eigenvalue weighted by molar-refractivity contribution is -0.137. The second-order valence-electron chi connectivity index (χ2n) is 10.4. The minimum absolute atomic E-state index is 0.312. The van der Waals surface area contributed by atoms with Gasteiger partial charge in [0.05, 0.1) is 20.8 Å². The van der Waals surface area contributed by atoms with Crippen molar-refractivity contribution in [2.45, 2.75) is 76.7 Å². The lowest BCUT2D eigenvalue weighted by Gasteiger charge is -2.36. The predicted molar refractivity (Wildman–Crippen MR) is 130 cm³/mol. The van der Waals surface area contributed by atoms with Gasteiger partial charge in [-0.15, -0.1) is 11.3 Å². The number of fused-ring (bicyclic) bond motifs is 1. The molecule has 4 N–H and O–H groups in total. The zero-order valence-electron chi connectivity index (χ0n) is 19.3. The molecule has 32 heavy (non-hydrogen) atoms. The van der Waals surface area contributed by atoms with Crippen LogP contribution in [0.25, 0.3) is 10.2 Å². The van der Waals surface area contributed by atoms with Gasteiger partial charge in [-0.3, -0.25) is 4.79 Å². The Morgan fingerprint density at radius 1 is 1.16 bits per heavy atom. The maximum absolute atomic E-state index is 10.8. The number of likely N-dealkylation sites (tertiary alicyclic amines) is 1. The number of benzene rings is 1. The summed E-state index contributed by atoms with van der Waals surface area (Å²) < 4.78 is 1.11. The topological polar surface area (TPSA) is 99.7 Å². The largest absolute Gasteiger partial charge is 0.481 e. The Hall–Kier alpha value is -1.70.